The average Bonchev–Trinajstić information content (AvgIpc) is 3.21. The number of ether oxygens (including phenoxy) is 2. The monoisotopic (exact) mass is 389 g/mol. The summed E-state index contributed by atoms with van der Waals surface area (Å²) in [6.45, 7) is 2.46. The minimum atomic E-state index is -1.06. The molecule has 150 valence electrons. The maximum atomic E-state index is 12.3. The summed E-state index contributed by atoms with van der Waals surface area (Å²) >= 11 is 0. The predicted octanol–water partition coefficient (Wildman–Crippen LogP) is 2.62. The lowest BCUT2D eigenvalue weighted by atomic mass is 10.1. The van der Waals surface area contributed by atoms with Crippen LogP contribution in [0.25, 0.3) is 17.3 Å². The van der Waals surface area contributed by atoms with Gasteiger partial charge in [-0.05, 0) is 42.6 Å². The van der Waals surface area contributed by atoms with Gasteiger partial charge in [-0.2, -0.15) is 0 Å². The quantitative estimate of drug-likeness (QED) is 0.368. The Morgan fingerprint density at radius 2 is 2.14 bits per heavy atom. The maximum Gasteiger partial charge on any atom is 0.251 e. The van der Waals surface area contributed by atoms with Crippen LogP contribution in [0, 0.1) is 10.8 Å². The van der Waals surface area contributed by atoms with Crippen molar-refractivity contribution < 1.29 is 18.7 Å². The molecule has 0 atom stereocenters. The van der Waals surface area contributed by atoms with Gasteiger partial charge in [0.05, 0.1) is 18.5 Å². The highest BCUT2D eigenvalue weighted by Crippen LogP contribution is 2.25. The second-order valence-electron chi connectivity index (χ2n) is 5.33. The molecule has 4 N–H and O–H groups in total. The molecule has 1 heterocycles. The summed E-state index contributed by atoms with van der Waals surface area (Å²) < 4.78 is 23.0. The Balaban J connectivity index is 0.00000190. The number of benzene rings is 1. The summed E-state index contributed by atoms with van der Waals surface area (Å²) in [5.41, 5.74) is 2.33. The van der Waals surface area contributed by atoms with Gasteiger partial charge in [0.2, 0.25) is 0 Å². The van der Waals surface area contributed by atoms with E-state index >= 15 is 0 Å². The van der Waals surface area contributed by atoms with E-state index in [1.54, 1.807) is 31.5 Å². The fourth-order valence-corrected chi connectivity index (χ4v) is 2.20. The fraction of sp³-hybridized carbons (Fsp3) is 0.263. The predicted molar refractivity (Wildman–Crippen MR) is 107 cm³/mol. The number of methoxy groups -OCH3 is 1. The van der Waals surface area contributed by atoms with Crippen molar-refractivity contribution in [3.63, 3.8) is 0 Å². The topological polar surface area (TPSA) is 124 Å². The Hall–Kier alpha value is -3.33. The van der Waals surface area contributed by atoms with E-state index in [-0.39, 0.29) is 6.54 Å². The van der Waals surface area contributed by atoms with Gasteiger partial charge in [0, 0.05) is 25.4 Å². The summed E-state index contributed by atoms with van der Waals surface area (Å²) in [5, 5.41) is 15.0. The largest absolute Gasteiger partial charge is 0.491 e. The second-order valence-corrected chi connectivity index (χ2v) is 5.33. The number of amides is 1. The number of aromatic amines is 1. The first-order valence-electron chi connectivity index (χ1n) is 8.32. The van der Waals surface area contributed by atoms with E-state index in [0.29, 0.717) is 24.8 Å². The number of nitrogens with one attached hydrogen (secondary N) is 4. The minimum absolute atomic E-state index is 0.186. The Morgan fingerprint density at radius 3 is 2.82 bits per heavy atom. The normalized spacial score (nSPS) is 10.2. The van der Waals surface area contributed by atoms with E-state index in [1.807, 2.05) is 12.1 Å². The highest BCUT2D eigenvalue weighted by molar-refractivity contribution is 5.77. The van der Waals surface area contributed by atoms with Crippen LogP contribution in [0.3, 0.4) is 0 Å². The molecule has 1 amide bonds. The van der Waals surface area contributed by atoms with Gasteiger partial charge in [0.25, 0.3) is 5.91 Å². The number of allylic oxidation sites excluding steroid dienone is 1. The zero-order valence-corrected chi connectivity index (χ0v) is 15.6. The Bertz CT molecular complexity index is 792. The number of hydrogen-bond acceptors (Lipinski definition) is 6. The molecule has 0 spiro atoms. The van der Waals surface area contributed by atoms with E-state index in [4.69, 9.17) is 20.3 Å². The van der Waals surface area contributed by atoms with Gasteiger partial charge >= 0.3 is 0 Å². The number of imidazole rings is 1. The van der Waals surface area contributed by atoms with Gasteiger partial charge in [-0.3, -0.25) is 4.79 Å². The van der Waals surface area contributed by atoms with Crippen molar-refractivity contribution in [2.75, 3.05) is 27.0 Å². The van der Waals surface area contributed by atoms with Gasteiger partial charge in [0.15, 0.2) is 6.67 Å². The number of carbonyl (C=O) groups is 1. The zero-order valence-electron chi connectivity index (χ0n) is 15.6. The number of hydrogen-bond donors (Lipinski definition) is 4. The number of H-pyrrole nitrogens is 1. The molecular formula is C19H24FN5O3. The molecule has 0 bridgehead atoms. The van der Waals surface area contributed by atoms with E-state index in [0.717, 1.165) is 23.0 Å². The van der Waals surface area contributed by atoms with E-state index in [1.165, 1.54) is 0 Å². The number of alkyl halides is 1. The van der Waals surface area contributed by atoms with E-state index in [9.17, 15) is 9.18 Å². The van der Waals surface area contributed by atoms with Gasteiger partial charge < -0.3 is 30.6 Å². The zero-order chi connectivity index (χ0) is 20.8. The van der Waals surface area contributed by atoms with Crippen LogP contribution < -0.4 is 10.1 Å². The first-order valence-corrected chi connectivity index (χ1v) is 8.32. The summed E-state index contributed by atoms with van der Waals surface area (Å²) in [7, 11) is 1.59. The van der Waals surface area contributed by atoms with Crippen molar-refractivity contribution in [2.45, 2.75) is 6.54 Å². The molecule has 0 aliphatic carbocycles. The van der Waals surface area contributed by atoms with Crippen LogP contribution in [0.15, 0.2) is 30.5 Å². The van der Waals surface area contributed by atoms with Gasteiger partial charge in [0.1, 0.15) is 18.2 Å². The molecule has 0 saturated heterocycles. The van der Waals surface area contributed by atoms with Crippen LogP contribution in [-0.4, -0.2) is 55.8 Å². The lowest BCUT2D eigenvalue weighted by molar-refractivity contribution is -0.122. The first kappa shape index (κ1) is 22.7. The van der Waals surface area contributed by atoms with E-state index in [2.05, 4.69) is 22.0 Å². The van der Waals surface area contributed by atoms with Crippen LogP contribution in [0.2, 0.25) is 0 Å². The molecule has 0 unspecified atom stereocenters. The van der Waals surface area contributed by atoms with Crippen molar-refractivity contribution in [3.8, 4) is 17.0 Å². The fourth-order valence-electron chi connectivity index (χ4n) is 2.20. The van der Waals surface area contributed by atoms with Gasteiger partial charge in [-0.15, -0.1) is 0 Å². The Labute approximate surface area is 162 Å². The summed E-state index contributed by atoms with van der Waals surface area (Å²) in [4.78, 5) is 18.5. The Kier molecular flexibility index (Phi) is 10.5. The number of halogens is 1. The van der Waals surface area contributed by atoms with Crippen molar-refractivity contribution in [1.29, 1.82) is 10.8 Å². The minimum Gasteiger partial charge on any atom is -0.491 e. The molecule has 2 aromatic rings. The summed E-state index contributed by atoms with van der Waals surface area (Å²) in [6, 6.07) is 5.48. The van der Waals surface area contributed by atoms with Crippen molar-refractivity contribution in [2.24, 2.45) is 0 Å². The Morgan fingerprint density at radius 1 is 1.36 bits per heavy atom. The summed E-state index contributed by atoms with van der Waals surface area (Å²) in [5.74, 6) is 0.551. The third kappa shape index (κ3) is 7.50. The number of carbonyl (C=O) groups excluding carboxylic acids is 1. The molecule has 8 nitrogen and oxygen atoms in total. The SMILES string of the molecule is C=N.COCCOc1cc(CNC(=O)CF)cc(-c2cnc(/C=C\C=N)[nH]2)c1. The molecule has 0 radical (unpaired) electrons. The highest BCUT2D eigenvalue weighted by Gasteiger charge is 2.08. The number of nitrogens with zero attached hydrogens (tertiary/aromatic N) is 1. The number of rotatable bonds is 10. The maximum absolute atomic E-state index is 12.3. The third-order valence-corrected chi connectivity index (χ3v) is 3.39. The number of aromatic nitrogens is 2. The molecule has 0 saturated carbocycles. The molecule has 28 heavy (non-hydrogen) atoms. The molecule has 0 aliphatic rings. The van der Waals surface area contributed by atoms with Crippen LogP contribution in [-0.2, 0) is 16.1 Å². The molecular weight excluding hydrogens is 365 g/mol. The highest BCUT2D eigenvalue weighted by atomic mass is 19.1. The van der Waals surface area contributed by atoms with Crippen molar-refractivity contribution in [3.05, 3.63) is 41.9 Å². The molecule has 0 fully saturated rings. The smallest absolute Gasteiger partial charge is 0.251 e. The average molecular weight is 389 g/mol. The van der Waals surface area contributed by atoms with Gasteiger partial charge in [-0.25, -0.2) is 9.37 Å². The van der Waals surface area contributed by atoms with E-state index < -0.39 is 12.6 Å². The second kappa shape index (κ2) is 12.9. The molecule has 1 aromatic carbocycles. The van der Waals surface area contributed by atoms with Gasteiger partial charge in [-0.1, -0.05) is 0 Å². The van der Waals surface area contributed by atoms with Crippen LogP contribution in [0.1, 0.15) is 11.4 Å². The molecule has 0 aliphatic heterocycles. The first-order chi connectivity index (χ1) is 13.7. The molecule has 9 heteroatoms. The molecule has 2 rings (SSSR count). The molecule has 1 aromatic heterocycles. The van der Waals surface area contributed by atoms with Crippen LogP contribution in [0.5, 0.6) is 5.75 Å². The lowest BCUT2D eigenvalue weighted by Gasteiger charge is -2.11. The van der Waals surface area contributed by atoms with Crippen LogP contribution in [0.4, 0.5) is 4.39 Å². The van der Waals surface area contributed by atoms with Crippen molar-refractivity contribution in [1.82, 2.24) is 15.3 Å². The van der Waals surface area contributed by atoms with Crippen LogP contribution >= 0.6 is 0 Å². The summed E-state index contributed by atoms with van der Waals surface area (Å²) in [6.07, 6.45) is 6.07. The third-order valence-electron chi connectivity index (χ3n) is 3.39. The lowest BCUT2D eigenvalue weighted by Crippen LogP contribution is -2.24. The standard InChI is InChI=1S/C18H21FN4O3.CH3N/c1-25-5-6-26-15-8-13(11-22-18(24)10-19)7-14(9-15)16-12-21-17(23-16)3-2-4-20;1-2/h2-4,7-9,12,20H,5-6,10-11H2,1H3,(H,21,23)(H,22,24);2H,1H2/b3-2-,20-4?;. The van der Waals surface area contributed by atoms with Crippen molar-refractivity contribution >= 4 is 24.9 Å².